The fraction of sp³-hybridized carbons (Fsp3) is 0.0800. The molecular formula is C25H20AsCl2N4O3S. The molecule has 11 heteroatoms. The number of aromatic nitrogens is 2. The number of aryl methyl sites for hydroxylation is 1. The monoisotopic (exact) mass is 601 g/mol. The maximum absolute atomic E-state index is 12.9. The van der Waals surface area contributed by atoms with Gasteiger partial charge in [-0.1, -0.05) is 0 Å². The number of halogens is 2. The second-order valence-electron chi connectivity index (χ2n) is 7.78. The number of carbonyl (C=O) groups excluding carboxylic acids is 1. The first kappa shape index (κ1) is 26.2. The molecular weight excluding hydrogens is 582 g/mol. The standard InChI is InChI=1S/C25H20AsCl2N4O3S/c1-15-14-29-25(31-23(15)17-9-11-19(12-10-17)30-16(2)33)26-18-5-3-6-20(13-18)32-36(34,35)24-21(27)7-4-8-22(24)28/h3-14,32H,1-2H3,(H,30,33). The summed E-state index contributed by atoms with van der Waals surface area (Å²) in [7, 11) is -3.98. The average molecular weight is 602 g/mol. The number of amides is 1. The molecule has 0 saturated heterocycles. The van der Waals surface area contributed by atoms with Crippen LogP contribution in [0, 0.1) is 6.92 Å². The van der Waals surface area contributed by atoms with Gasteiger partial charge in [0.05, 0.1) is 0 Å². The summed E-state index contributed by atoms with van der Waals surface area (Å²) in [6.07, 6.45) is 1.78. The minimum atomic E-state index is -3.98. The zero-order chi connectivity index (χ0) is 25.9. The Morgan fingerprint density at radius 2 is 1.61 bits per heavy atom. The van der Waals surface area contributed by atoms with Crippen molar-refractivity contribution in [3.63, 3.8) is 0 Å². The molecule has 0 aliphatic carbocycles. The molecule has 4 aromatic rings. The minimum absolute atomic E-state index is 0.0446. The van der Waals surface area contributed by atoms with Gasteiger partial charge in [0.15, 0.2) is 0 Å². The van der Waals surface area contributed by atoms with Gasteiger partial charge < -0.3 is 0 Å². The predicted molar refractivity (Wildman–Crippen MR) is 145 cm³/mol. The van der Waals surface area contributed by atoms with Gasteiger partial charge in [-0.25, -0.2) is 0 Å². The van der Waals surface area contributed by atoms with Crippen LogP contribution in [0.3, 0.4) is 0 Å². The zero-order valence-corrected chi connectivity index (χ0v) is 23.4. The van der Waals surface area contributed by atoms with Gasteiger partial charge in [-0.15, -0.1) is 0 Å². The van der Waals surface area contributed by atoms with Crippen molar-refractivity contribution in [3.8, 4) is 11.3 Å². The van der Waals surface area contributed by atoms with Crippen molar-refractivity contribution in [1.29, 1.82) is 0 Å². The Bertz CT molecular complexity index is 1530. The summed E-state index contributed by atoms with van der Waals surface area (Å²) in [4.78, 5) is 20.4. The summed E-state index contributed by atoms with van der Waals surface area (Å²) in [5, 5.41) is 2.84. The van der Waals surface area contributed by atoms with Gasteiger partial charge in [-0.3, -0.25) is 0 Å². The van der Waals surface area contributed by atoms with Gasteiger partial charge in [0.2, 0.25) is 0 Å². The first-order valence-electron chi connectivity index (χ1n) is 10.6. The number of hydrogen-bond donors (Lipinski definition) is 2. The Morgan fingerprint density at radius 1 is 0.944 bits per heavy atom. The second-order valence-corrected chi connectivity index (χ2v) is 12.6. The fourth-order valence-corrected chi connectivity index (χ4v) is 7.39. The van der Waals surface area contributed by atoms with Gasteiger partial charge in [-0.05, 0) is 0 Å². The van der Waals surface area contributed by atoms with E-state index in [-0.39, 0.29) is 20.8 Å². The number of rotatable bonds is 7. The molecule has 0 saturated carbocycles. The van der Waals surface area contributed by atoms with E-state index >= 15 is 0 Å². The third kappa shape index (κ3) is 6.26. The van der Waals surface area contributed by atoms with Crippen LogP contribution in [0.1, 0.15) is 12.5 Å². The number of sulfonamides is 1. The Morgan fingerprint density at radius 3 is 2.28 bits per heavy atom. The molecule has 1 aromatic heterocycles. The van der Waals surface area contributed by atoms with Gasteiger partial charge in [-0.2, -0.15) is 0 Å². The molecule has 7 nitrogen and oxygen atoms in total. The first-order valence-corrected chi connectivity index (χ1v) is 14.7. The predicted octanol–water partition coefficient (Wildman–Crippen LogP) is 4.17. The van der Waals surface area contributed by atoms with Crippen molar-refractivity contribution < 1.29 is 13.2 Å². The van der Waals surface area contributed by atoms with Crippen LogP contribution >= 0.6 is 23.2 Å². The molecule has 0 aliphatic rings. The first-order chi connectivity index (χ1) is 17.1. The Kier molecular flexibility index (Phi) is 8.00. The molecule has 2 N–H and O–H groups in total. The topological polar surface area (TPSA) is 101 Å². The molecule has 0 spiro atoms. The number of carbonyl (C=O) groups is 1. The van der Waals surface area contributed by atoms with Crippen LogP contribution in [0.2, 0.25) is 10.0 Å². The average Bonchev–Trinajstić information content (AvgIpc) is 2.80. The summed E-state index contributed by atoms with van der Waals surface area (Å²) in [5.41, 5.74) is 3.73. The number of nitrogens with one attached hydrogen (secondary N) is 2. The number of hydrogen-bond acceptors (Lipinski definition) is 5. The van der Waals surface area contributed by atoms with Crippen molar-refractivity contribution in [1.82, 2.24) is 9.97 Å². The van der Waals surface area contributed by atoms with E-state index in [0.29, 0.717) is 16.0 Å². The van der Waals surface area contributed by atoms with Crippen molar-refractivity contribution in [2.45, 2.75) is 18.7 Å². The van der Waals surface area contributed by atoms with Crippen molar-refractivity contribution >= 4 is 75.2 Å². The van der Waals surface area contributed by atoms with E-state index in [0.717, 1.165) is 21.2 Å². The summed E-state index contributed by atoms with van der Waals surface area (Å²) in [5.74, 6) is -0.133. The summed E-state index contributed by atoms with van der Waals surface area (Å²) < 4.78 is 30.0. The molecule has 0 fully saturated rings. The molecule has 1 radical (unpaired) electrons. The molecule has 1 amide bonds. The van der Waals surface area contributed by atoms with Crippen molar-refractivity contribution in [2.75, 3.05) is 10.0 Å². The van der Waals surface area contributed by atoms with E-state index in [2.05, 4.69) is 15.0 Å². The Labute approximate surface area is 226 Å². The number of anilines is 2. The molecule has 36 heavy (non-hydrogen) atoms. The second kappa shape index (κ2) is 11.0. The van der Waals surface area contributed by atoms with Crippen LogP contribution < -0.4 is 19.0 Å². The van der Waals surface area contributed by atoms with Gasteiger partial charge in [0.1, 0.15) is 0 Å². The third-order valence-electron chi connectivity index (χ3n) is 4.95. The van der Waals surface area contributed by atoms with Gasteiger partial charge in [0.25, 0.3) is 0 Å². The van der Waals surface area contributed by atoms with Crippen LogP contribution in [0.15, 0.2) is 77.8 Å². The summed E-state index contributed by atoms with van der Waals surface area (Å²) in [6.45, 7) is 3.40. The van der Waals surface area contributed by atoms with Crippen LogP contribution in [0.5, 0.6) is 0 Å². The fourth-order valence-electron chi connectivity index (χ4n) is 3.39. The van der Waals surface area contributed by atoms with Crippen LogP contribution in [-0.4, -0.2) is 40.0 Å². The third-order valence-corrected chi connectivity index (χ3v) is 9.29. The normalized spacial score (nSPS) is 11.6. The van der Waals surface area contributed by atoms with E-state index in [1.54, 1.807) is 30.5 Å². The van der Waals surface area contributed by atoms with Crippen LogP contribution in [0.4, 0.5) is 11.4 Å². The van der Waals surface area contributed by atoms with E-state index in [1.807, 2.05) is 37.3 Å². The molecule has 0 atom stereocenters. The quantitative estimate of drug-likeness (QED) is 0.310. The van der Waals surface area contributed by atoms with E-state index in [1.165, 1.54) is 19.1 Å². The molecule has 0 aliphatic heterocycles. The Hall–Kier alpha value is -2.90. The van der Waals surface area contributed by atoms with Crippen LogP contribution in [-0.2, 0) is 14.8 Å². The van der Waals surface area contributed by atoms with Crippen LogP contribution in [0.25, 0.3) is 11.3 Å². The molecule has 1 heterocycles. The number of nitrogens with zero attached hydrogens (tertiary/aromatic N) is 2. The molecule has 0 unspecified atom stereocenters. The van der Waals surface area contributed by atoms with Gasteiger partial charge >= 0.3 is 227 Å². The molecule has 3 aromatic carbocycles. The van der Waals surface area contributed by atoms with E-state index < -0.39 is 25.8 Å². The van der Waals surface area contributed by atoms with E-state index in [4.69, 9.17) is 28.2 Å². The molecule has 4 rings (SSSR count). The molecule has 183 valence electrons. The van der Waals surface area contributed by atoms with Crippen molar-refractivity contribution in [2.24, 2.45) is 0 Å². The van der Waals surface area contributed by atoms with Gasteiger partial charge in [0, 0.05) is 0 Å². The molecule has 0 bridgehead atoms. The summed E-state index contributed by atoms with van der Waals surface area (Å²) >= 11 is 11.6. The maximum atomic E-state index is 12.9. The summed E-state index contributed by atoms with van der Waals surface area (Å²) in [6, 6.07) is 19.1. The van der Waals surface area contributed by atoms with E-state index in [9.17, 15) is 13.2 Å². The Balaban J connectivity index is 1.56. The SMILES string of the molecule is CC(=O)Nc1ccc(-c2nc([As]c3cccc(NS(=O)(=O)c4c(Cl)cccc4Cl)c3)ncc2C)cc1. The van der Waals surface area contributed by atoms with Crippen molar-refractivity contribution in [3.05, 3.63) is 88.5 Å². The number of benzene rings is 3. The zero-order valence-electron chi connectivity index (χ0n) is 19.2.